The van der Waals surface area contributed by atoms with E-state index in [0.717, 1.165) is 55.7 Å². The minimum Gasteiger partial charge on any atom is -0.389 e. The lowest BCUT2D eigenvalue weighted by molar-refractivity contribution is 0.0577. The number of hydrogen-bond acceptors (Lipinski definition) is 8. The molecular formula is C25H43N7O3S. The Bertz CT molecular complexity index is 1070. The molecule has 0 aliphatic carbocycles. The predicted octanol–water partition coefficient (Wildman–Crippen LogP) is 2.75. The fourth-order valence-electron chi connectivity index (χ4n) is 4.52. The first-order valence-corrected chi connectivity index (χ1v) is 14.7. The fraction of sp³-hybridized carbons (Fsp3) is 0.720. The summed E-state index contributed by atoms with van der Waals surface area (Å²) in [5.74, 6) is 0.751. The molecule has 0 atom stereocenters. The molecular weight excluding hydrogens is 478 g/mol. The summed E-state index contributed by atoms with van der Waals surface area (Å²) in [6.07, 6.45) is 8.45. The maximum atomic E-state index is 12.8. The van der Waals surface area contributed by atoms with E-state index in [1.165, 1.54) is 0 Å². The van der Waals surface area contributed by atoms with E-state index in [1.807, 2.05) is 13.1 Å². The number of rotatable bonds is 13. The van der Waals surface area contributed by atoms with Crippen LogP contribution in [0, 0.1) is 6.92 Å². The Morgan fingerprint density at radius 3 is 2.50 bits per heavy atom. The van der Waals surface area contributed by atoms with Gasteiger partial charge in [-0.2, -0.15) is 5.10 Å². The molecule has 10 nitrogen and oxygen atoms in total. The van der Waals surface area contributed by atoms with Crippen molar-refractivity contribution in [3.63, 3.8) is 0 Å². The third kappa shape index (κ3) is 8.22. The van der Waals surface area contributed by atoms with Gasteiger partial charge in [-0.05, 0) is 71.7 Å². The van der Waals surface area contributed by atoms with Gasteiger partial charge in [0.15, 0.2) is 0 Å². The smallest absolute Gasteiger partial charge is 0.223 e. The van der Waals surface area contributed by atoms with Crippen LogP contribution in [-0.4, -0.2) is 92.6 Å². The molecule has 36 heavy (non-hydrogen) atoms. The maximum absolute atomic E-state index is 12.8. The van der Waals surface area contributed by atoms with E-state index in [0.29, 0.717) is 32.0 Å². The van der Waals surface area contributed by atoms with Gasteiger partial charge in [0.2, 0.25) is 16.0 Å². The highest BCUT2D eigenvalue weighted by Crippen LogP contribution is 2.23. The lowest BCUT2D eigenvalue weighted by atomic mass is 10.1. The van der Waals surface area contributed by atoms with Gasteiger partial charge in [-0.15, -0.1) is 0 Å². The van der Waals surface area contributed by atoms with Gasteiger partial charge in [-0.3, -0.25) is 4.68 Å². The third-order valence-corrected chi connectivity index (χ3v) is 8.59. The van der Waals surface area contributed by atoms with Crippen LogP contribution in [0.3, 0.4) is 0 Å². The Hall–Kier alpha value is -2.08. The standard InChI is InChI=1S/C25H43N7O3S/c1-6-30(7-2)12-8-9-15-36(34,35)32-13-10-22(11-14-32)28-24-26-16-20(3)23(29-24)21-17-27-31(18-21)19-25(4,5)33/h16-18,22,33H,6-15,19H2,1-5H3,(H,26,28,29). The molecule has 1 fully saturated rings. The number of anilines is 1. The molecule has 0 spiro atoms. The molecule has 3 heterocycles. The van der Waals surface area contributed by atoms with Crippen LogP contribution in [0.15, 0.2) is 18.6 Å². The van der Waals surface area contributed by atoms with Crippen molar-refractivity contribution in [2.45, 2.75) is 78.5 Å². The van der Waals surface area contributed by atoms with Gasteiger partial charge in [-0.1, -0.05) is 13.8 Å². The summed E-state index contributed by atoms with van der Waals surface area (Å²) in [5, 5.41) is 17.8. The van der Waals surface area contributed by atoms with E-state index < -0.39 is 15.6 Å². The number of hydrogen-bond donors (Lipinski definition) is 2. The minimum absolute atomic E-state index is 0.118. The summed E-state index contributed by atoms with van der Waals surface area (Å²) < 4.78 is 29.0. The Kier molecular flexibility index (Phi) is 9.85. The van der Waals surface area contributed by atoms with Crippen LogP contribution < -0.4 is 5.32 Å². The van der Waals surface area contributed by atoms with Crippen LogP contribution in [0.4, 0.5) is 5.95 Å². The minimum atomic E-state index is -3.22. The summed E-state index contributed by atoms with van der Waals surface area (Å²) in [6, 6.07) is 0.118. The number of aliphatic hydroxyl groups is 1. The summed E-state index contributed by atoms with van der Waals surface area (Å²) >= 11 is 0. The van der Waals surface area contributed by atoms with Crippen LogP contribution in [0.1, 0.15) is 58.9 Å². The molecule has 0 saturated carbocycles. The van der Waals surface area contributed by atoms with Crippen molar-refractivity contribution in [3.8, 4) is 11.3 Å². The van der Waals surface area contributed by atoms with E-state index in [4.69, 9.17) is 4.98 Å². The quantitative estimate of drug-likeness (QED) is 0.387. The second-order valence-corrected chi connectivity index (χ2v) is 12.4. The third-order valence-electron chi connectivity index (χ3n) is 6.63. The van der Waals surface area contributed by atoms with Gasteiger partial charge in [0, 0.05) is 37.1 Å². The van der Waals surface area contributed by atoms with Crippen molar-refractivity contribution in [1.29, 1.82) is 0 Å². The first-order chi connectivity index (χ1) is 17.0. The zero-order valence-electron chi connectivity index (χ0n) is 22.4. The number of nitrogens with one attached hydrogen (secondary N) is 1. The Morgan fingerprint density at radius 2 is 1.86 bits per heavy atom. The Labute approximate surface area is 216 Å². The number of nitrogens with zero attached hydrogens (tertiary/aromatic N) is 6. The van der Waals surface area contributed by atoms with E-state index in [9.17, 15) is 13.5 Å². The fourth-order valence-corrected chi connectivity index (χ4v) is 6.12. The predicted molar refractivity (Wildman–Crippen MR) is 143 cm³/mol. The Balaban J connectivity index is 1.53. The van der Waals surface area contributed by atoms with Crippen LogP contribution >= 0.6 is 0 Å². The molecule has 202 valence electrons. The van der Waals surface area contributed by atoms with Gasteiger partial charge in [-0.25, -0.2) is 22.7 Å². The number of piperidine rings is 1. The molecule has 1 aliphatic rings. The van der Waals surface area contributed by atoms with Crippen LogP contribution in [0.5, 0.6) is 0 Å². The van der Waals surface area contributed by atoms with Crippen molar-refractivity contribution in [2.24, 2.45) is 0 Å². The second kappa shape index (κ2) is 12.4. The van der Waals surface area contributed by atoms with Gasteiger partial charge < -0.3 is 15.3 Å². The first kappa shape index (κ1) is 28.5. The molecule has 2 N–H and O–H groups in total. The van der Waals surface area contributed by atoms with Gasteiger partial charge in [0.1, 0.15) is 0 Å². The number of sulfonamides is 1. The zero-order chi connectivity index (χ0) is 26.3. The molecule has 1 aliphatic heterocycles. The average Bonchev–Trinajstić information content (AvgIpc) is 3.27. The maximum Gasteiger partial charge on any atom is 0.223 e. The molecule has 2 aromatic heterocycles. The van der Waals surface area contributed by atoms with Crippen molar-refractivity contribution in [1.82, 2.24) is 29.0 Å². The molecule has 0 bridgehead atoms. The summed E-state index contributed by atoms with van der Waals surface area (Å²) in [5.41, 5.74) is 1.73. The van der Waals surface area contributed by atoms with E-state index in [-0.39, 0.29) is 11.8 Å². The topological polar surface area (TPSA) is 116 Å². The van der Waals surface area contributed by atoms with E-state index in [1.54, 1.807) is 35.2 Å². The molecule has 0 radical (unpaired) electrons. The number of unbranched alkanes of at least 4 members (excludes halogenated alkanes) is 1. The highest BCUT2D eigenvalue weighted by molar-refractivity contribution is 7.89. The van der Waals surface area contributed by atoms with Gasteiger partial charge >= 0.3 is 0 Å². The van der Waals surface area contributed by atoms with Crippen molar-refractivity contribution >= 4 is 16.0 Å². The molecule has 0 amide bonds. The summed E-state index contributed by atoms with van der Waals surface area (Å²) in [4.78, 5) is 11.5. The lowest BCUT2D eigenvalue weighted by Crippen LogP contribution is -2.43. The number of aryl methyl sites for hydroxylation is 1. The average molecular weight is 522 g/mol. The molecule has 3 rings (SSSR count). The molecule has 11 heteroatoms. The SMILES string of the molecule is CCN(CC)CCCCS(=O)(=O)N1CCC(Nc2ncc(C)c(-c3cnn(CC(C)(C)O)c3)n2)CC1. The van der Waals surface area contributed by atoms with E-state index in [2.05, 4.69) is 34.1 Å². The summed E-state index contributed by atoms with van der Waals surface area (Å²) in [7, 11) is -3.22. The van der Waals surface area contributed by atoms with Gasteiger partial charge in [0.05, 0.1) is 29.8 Å². The van der Waals surface area contributed by atoms with Crippen LogP contribution in [0.2, 0.25) is 0 Å². The van der Waals surface area contributed by atoms with Gasteiger partial charge in [0.25, 0.3) is 0 Å². The van der Waals surface area contributed by atoms with Crippen molar-refractivity contribution in [2.75, 3.05) is 43.8 Å². The largest absolute Gasteiger partial charge is 0.389 e. The van der Waals surface area contributed by atoms with Crippen LogP contribution in [0.25, 0.3) is 11.3 Å². The number of aromatic nitrogens is 4. The molecule has 0 unspecified atom stereocenters. The zero-order valence-corrected chi connectivity index (χ0v) is 23.3. The first-order valence-electron chi connectivity index (χ1n) is 13.1. The highest BCUT2D eigenvalue weighted by Gasteiger charge is 2.28. The highest BCUT2D eigenvalue weighted by atomic mass is 32.2. The lowest BCUT2D eigenvalue weighted by Gasteiger charge is -2.31. The normalized spacial score (nSPS) is 16.1. The second-order valence-electron chi connectivity index (χ2n) is 10.3. The molecule has 0 aromatic carbocycles. The van der Waals surface area contributed by atoms with E-state index >= 15 is 0 Å². The van der Waals surface area contributed by atoms with Crippen molar-refractivity contribution in [3.05, 3.63) is 24.2 Å². The van der Waals surface area contributed by atoms with Crippen LogP contribution in [-0.2, 0) is 16.6 Å². The molecule has 1 saturated heterocycles. The summed E-state index contributed by atoms with van der Waals surface area (Å²) in [6.45, 7) is 14.1. The monoisotopic (exact) mass is 521 g/mol. The molecule has 2 aromatic rings. The van der Waals surface area contributed by atoms with Crippen molar-refractivity contribution < 1.29 is 13.5 Å². The Morgan fingerprint density at radius 1 is 1.17 bits per heavy atom.